The van der Waals surface area contributed by atoms with Crippen LogP contribution in [0.3, 0.4) is 0 Å². The molecule has 23 heteroatoms. The quantitative estimate of drug-likeness (QED) is 0.0233. The third-order valence-corrected chi connectivity index (χ3v) is 16.3. The summed E-state index contributed by atoms with van der Waals surface area (Å²) in [6, 6.07) is 9.72. The number of nitrogens with zero attached hydrogens (tertiary/aromatic N) is 8. The SMILES string of the molecule is Cc1ncsc1-c1ccc(CNC(=O)[C@@H]2C[C@@H](O)CN2C(=O)[C@@H](NC(=O)CCCCCCCCCCCOc2cc(F)c(-c3cc(Cn4cnc5c(N)ncnc54)c(N4CCC[C@](N)([C@H](O)C(F)F)C4)cn3)cc2F)C(C)(C)C)cc1. The Morgan fingerprint density at radius 2 is 1.65 bits per heavy atom. The number of halogens is 4. The average Bonchev–Trinajstić information content (AvgIpc) is 4.22. The highest BCUT2D eigenvalue weighted by Crippen LogP contribution is 2.36. The summed E-state index contributed by atoms with van der Waals surface area (Å²) in [5.41, 5.74) is 16.6. The van der Waals surface area contributed by atoms with Crippen LogP contribution >= 0.6 is 11.3 Å². The van der Waals surface area contributed by atoms with Gasteiger partial charge in [-0.25, -0.2) is 37.5 Å². The first-order valence-electron chi connectivity index (χ1n) is 27.8. The smallest absolute Gasteiger partial charge is 0.265 e. The molecule has 0 aliphatic carbocycles. The normalized spacial score (nSPS) is 18.4. The number of carbonyl (C=O) groups is 3. The van der Waals surface area contributed by atoms with Gasteiger partial charge in [-0.1, -0.05) is 90.0 Å². The molecule has 0 spiro atoms. The summed E-state index contributed by atoms with van der Waals surface area (Å²) < 4.78 is 66.3. The maximum atomic E-state index is 15.9. The molecule has 2 saturated heterocycles. The second-order valence-electron chi connectivity index (χ2n) is 22.5. The van der Waals surface area contributed by atoms with Gasteiger partial charge in [0.15, 0.2) is 23.0 Å². The van der Waals surface area contributed by atoms with Gasteiger partial charge in [0.05, 0.1) is 64.8 Å². The molecular weight excluding hydrogens is 1070 g/mol. The van der Waals surface area contributed by atoms with Gasteiger partial charge in [-0.15, -0.1) is 11.3 Å². The van der Waals surface area contributed by atoms with Gasteiger partial charge in [-0.05, 0) is 66.8 Å². The summed E-state index contributed by atoms with van der Waals surface area (Å²) in [6.45, 7) is 8.41. The lowest BCUT2D eigenvalue weighted by atomic mass is 9.84. The number of unbranched alkanes of at least 4 members (excludes halogenated alkanes) is 8. The number of anilines is 2. The average molecular weight is 1140 g/mol. The number of nitrogen functional groups attached to an aromatic ring is 1. The number of thiazole rings is 1. The molecule has 0 radical (unpaired) electrons. The molecule has 8 rings (SSSR count). The Hall–Kier alpha value is -6.82. The van der Waals surface area contributed by atoms with Gasteiger partial charge < -0.3 is 51.4 Å². The number of hydrogen-bond acceptors (Lipinski definition) is 15. The van der Waals surface area contributed by atoms with E-state index in [9.17, 15) is 33.4 Å². The molecule has 0 unspecified atom stereocenters. The largest absolute Gasteiger partial charge is 0.490 e. The third kappa shape index (κ3) is 15.0. The van der Waals surface area contributed by atoms with Crippen LogP contribution in [0, 0.1) is 24.0 Å². The molecule has 6 aromatic rings. The van der Waals surface area contributed by atoms with Gasteiger partial charge in [0.25, 0.3) is 6.43 Å². The maximum Gasteiger partial charge on any atom is 0.265 e. The van der Waals surface area contributed by atoms with Crippen molar-refractivity contribution in [2.24, 2.45) is 11.1 Å². The van der Waals surface area contributed by atoms with Crippen LogP contribution in [-0.4, -0.2) is 125 Å². The number of β-amino-alcohol motifs (C(OH)–C–C–N with tert-alkyl or cyclic N) is 1. The number of amides is 3. The topological polar surface area (TPSA) is 253 Å². The summed E-state index contributed by atoms with van der Waals surface area (Å²) >= 11 is 1.57. The molecule has 2 aliphatic rings. The van der Waals surface area contributed by atoms with Crippen LogP contribution in [0.15, 0.2) is 66.8 Å². The van der Waals surface area contributed by atoms with E-state index in [1.165, 1.54) is 23.8 Å². The molecule has 436 valence electrons. The van der Waals surface area contributed by atoms with Crippen molar-refractivity contribution in [3.63, 3.8) is 0 Å². The Morgan fingerprint density at radius 3 is 2.35 bits per heavy atom. The van der Waals surface area contributed by atoms with Gasteiger partial charge in [-0.3, -0.25) is 19.4 Å². The fraction of sp³-hybridized carbons (Fsp3) is 0.517. The van der Waals surface area contributed by atoms with Gasteiger partial charge in [0, 0.05) is 50.7 Å². The number of benzene rings is 2. The number of imidazole rings is 1. The number of hydrogen-bond donors (Lipinski definition) is 6. The first-order valence-corrected chi connectivity index (χ1v) is 28.7. The fourth-order valence-corrected chi connectivity index (χ4v) is 11.5. The summed E-state index contributed by atoms with van der Waals surface area (Å²) in [6.07, 6.45) is 7.01. The van der Waals surface area contributed by atoms with Crippen molar-refractivity contribution in [1.29, 1.82) is 0 Å². The minimum atomic E-state index is -3.05. The van der Waals surface area contributed by atoms with Gasteiger partial charge >= 0.3 is 0 Å². The van der Waals surface area contributed by atoms with Crippen molar-refractivity contribution in [2.75, 3.05) is 36.9 Å². The zero-order valence-corrected chi connectivity index (χ0v) is 47.2. The number of carbonyl (C=O) groups excluding carboxylic acids is 3. The number of fused-ring (bicyclic) bond motifs is 1. The Balaban J connectivity index is 0.748. The first kappa shape index (κ1) is 60.3. The fourth-order valence-electron chi connectivity index (χ4n) is 10.7. The second kappa shape index (κ2) is 26.8. The van der Waals surface area contributed by atoms with Crippen molar-refractivity contribution in [3.05, 3.63) is 95.3 Å². The molecule has 18 nitrogen and oxygen atoms in total. The Kier molecular flexibility index (Phi) is 20.0. The zero-order valence-electron chi connectivity index (χ0n) is 46.4. The second-order valence-corrected chi connectivity index (χ2v) is 23.4. The van der Waals surface area contributed by atoms with E-state index in [0.717, 1.165) is 78.8 Å². The number of likely N-dealkylation sites (tertiary alicyclic amines) is 1. The van der Waals surface area contributed by atoms with Crippen molar-refractivity contribution in [3.8, 4) is 27.4 Å². The molecule has 6 heterocycles. The number of rotatable bonds is 25. The van der Waals surface area contributed by atoms with E-state index in [1.807, 2.05) is 57.5 Å². The number of nitrogens with one attached hydrogen (secondary N) is 2. The molecule has 3 amide bonds. The van der Waals surface area contributed by atoms with E-state index < -0.39 is 59.2 Å². The van der Waals surface area contributed by atoms with Gasteiger partial charge in [0.2, 0.25) is 17.7 Å². The molecule has 8 N–H and O–H groups in total. The zero-order chi connectivity index (χ0) is 58.0. The molecule has 2 fully saturated rings. The highest BCUT2D eigenvalue weighted by molar-refractivity contribution is 7.13. The third-order valence-electron chi connectivity index (χ3n) is 15.3. The van der Waals surface area contributed by atoms with E-state index in [4.69, 9.17) is 16.2 Å². The maximum absolute atomic E-state index is 15.9. The van der Waals surface area contributed by atoms with E-state index in [-0.39, 0.29) is 86.7 Å². The van der Waals surface area contributed by atoms with Crippen LogP contribution in [0.4, 0.5) is 29.1 Å². The monoisotopic (exact) mass is 1140 g/mol. The van der Waals surface area contributed by atoms with Crippen molar-refractivity contribution >= 4 is 51.7 Å². The lowest BCUT2D eigenvalue weighted by Crippen LogP contribution is -2.63. The number of nitrogens with two attached hydrogens (primary N) is 2. The summed E-state index contributed by atoms with van der Waals surface area (Å²) in [7, 11) is 0. The first-order chi connectivity index (χ1) is 38.7. The molecule has 5 atom stereocenters. The number of aromatic nitrogens is 6. The molecule has 4 aromatic heterocycles. The summed E-state index contributed by atoms with van der Waals surface area (Å²) in [4.78, 5) is 66.5. The van der Waals surface area contributed by atoms with Crippen LogP contribution in [0.1, 0.15) is 121 Å². The van der Waals surface area contributed by atoms with Gasteiger partial charge in [-0.2, -0.15) is 0 Å². The Labute approximate surface area is 473 Å². The van der Waals surface area contributed by atoms with E-state index in [0.29, 0.717) is 48.2 Å². The highest BCUT2D eigenvalue weighted by Gasteiger charge is 2.45. The van der Waals surface area contributed by atoms with Crippen LogP contribution in [0.2, 0.25) is 0 Å². The number of aryl methyl sites for hydroxylation is 1. The molecular formula is C58H74F4N12O6S. The predicted molar refractivity (Wildman–Crippen MR) is 302 cm³/mol. The molecule has 0 saturated carbocycles. The van der Waals surface area contributed by atoms with Crippen molar-refractivity contribution in [2.45, 2.75) is 161 Å². The van der Waals surface area contributed by atoms with Crippen molar-refractivity contribution < 1.29 is 46.9 Å². The van der Waals surface area contributed by atoms with Gasteiger partial charge in [0.1, 0.15) is 35.8 Å². The number of aliphatic hydroxyl groups is 2. The van der Waals surface area contributed by atoms with Crippen molar-refractivity contribution in [1.82, 2.24) is 45.0 Å². The van der Waals surface area contributed by atoms with Crippen LogP contribution in [0.25, 0.3) is 32.9 Å². The van der Waals surface area contributed by atoms with Crippen LogP contribution in [-0.2, 0) is 27.5 Å². The molecule has 0 bridgehead atoms. The molecule has 2 aliphatic heterocycles. The predicted octanol–water partition coefficient (Wildman–Crippen LogP) is 8.24. The number of ether oxygens (including phenoxy) is 1. The summed E-state index contributed by atoms with van der Waals surface area (Å²) in [5.74, 6) is -2.60. The standard InChI is InChI=1S/C58H74F4N12O6S/c1-35-49(81-34-70-35)37-18-16-36(17-19-37)27-66-55(78)44-24-39(75)30-74(44)56(79)50(57(2,3)4)71-47(76)15-12-10-8-6-5-7-9-11-13-22-80-46-26-41(59)40(25-42(46)60)43-23-38(29-73-33-69-48-53(63)67-32-68-54(48)73)45(28-65-43)72-21-14-20-58(64,31-72)51(77)52(61)62/h16-19,23,25-26,28,32-34,39,44,50-52,75,77H,5-15,20-22,24,27,29-31,64H2,1-4H3,(H,66,78)(H,71,76)(H2,63,67,68)/t39-,44+,50-,51-,58-/m1/s1. The minimum Gasteiger partial charge on any atom is -0.490 e. The van der Waals surface area contributed by atoms with E-state index >= 15 is 8.78 Å². The number of pyridine rings is 1. The van der Waals surface area contributed by atoms with Crippen LogP contribution < -0.4 is 31.7 Å². The van der Waals surface area contributed by atoms with E-state index in [1.54, 1.807) is 26.9 Å². The lowest BCUT2D eigenvalue weighted by Gasteiger charge is -2.44. The minimum absolute atomic E-state index is 0.00212. The highest BCUT2D eigenvalue weighted by atomic mass is 32.1. The number of alkyl halides is 2. The molecule has 2 aromatic carbocycles. The molecule has 81 heavy (non-hydrogen) atoms. The number of piperidine rings is 1. The number of aliphatic hydroxyl groups excluding tert-OH is 2. The lowest BCUT2D eigenvalue weighted by molar-refractivity contribution is -0.144. The Morgan fingerprint density at radius 1 is 0.938 bits per heavy atom. The Bertz CT molecular complexity index is 3120. The van der Waals surface area contributed by atoms with Crippen LogP contribution in [0.5, 0.6) is 5.75 Å². The van der Waals surface area contributed by atoms with E-state index in [2.05, 4.69) is 35.6 Å². The summed E-state index contributed by atoms with van der Waals surface area (Å²) in [5, 5.41) is 26.9.